The van der Waals surface area contributed by atoms with Gasteiger partial charge in [0.05, 0.1) is 12.6 Å². The van der Waals surface area contributed by atoms with Crippen molar-refractivity contribution in [2.75, 3.05) is 20.3 Å². The summed E-state index contributed by atoms with van der Waals surface area (Å²) < 4.78 is 5.14. The fourth-order valence-corrected chi connectivity index (χ4v) is 2.44. The first-order chi connectivity index (χ1) is 8.17. The van der Waals surface area contributed by atoms with E-state index in [-0.39, 0.29) is 17.9 Å². The summed E-state index contributed by atoms with van der Waals surface area (Å²) >= 11 is 0. The molecule has 4 heteroatoms. The summed E-state index contributed by atoms with van der Waals surface area (Å²) in [6.45, 7) is 5.82. The molecule has 0 saturated carbocycles. The third-order valence-corrected chi connectivity index (χ3v) is 3.35. The van der Waals surface area contributed by atoms with Crippen LogP contribution in [0.25, 0.3) is 0 Å². The van der Waals surface area contributed by atoms with E-state index in [1.807, 2.05) is 0 Å². The molecule has 1 fully saturated rings. The number of ether oxygens (including phenoxy) is 1. The van der Waals surface area contributed by atoms with E-state index in [2.05, 4.69) is 24.5 Å². The van der Waals surface area contributed by atoms with Gasteiger partial charge in [-0.05, 0) is 32.7 Å². The molecule has 3 atom stereocenters. The van der Waals surface area contributed by atoms with Crippen LogP contribution in [-0.2, 0) is 9.53 Å². The second-order valence-electron chi connectivity index (χ2n) is 5.03. The van der Waals surface area contributed by atoms with E-state index in [9.17, 15) is 4.79 Å². The Hall–Kier alpha value is -0.610. The molecule has 100 valence electrons. The van der Waals surface area contributed by atoms with Crippen molar-refractivity contribution in [1.29, 1.82) is 0 Å². The molecule has 0 radical (unpaired) electrons. The molecule has 1 saturated heterocycles. The standard InChI is InChI=1S/C13H26N2O2/c1-4-5-12(9-17-3)15-13(16)11-6-7-14-10(2)8-11/h10-12,14H,4-9H2,1-3H3,(H,15,16). The van der Waals surface area contributed by atoms with Crippen molar-refractivity contribution in [3.05, 3.63) is 0 Å². The van der Waals surface area contributed by atoms with E-state index < -0.39 is 0 Å². The summed E-state index contributed by atoms with van der Waals surface area (Å²) in [5, 5.41) is 6.48. The Morgan fingerprint density at radius 3 is 2.94 bits per heavy atom. The van der Waals surface area contributed by atoms with Crippen LogP contribution in [0.5, 0.6) is 0 Å². The normalized spacial score (nSPS) is 26.5. The van der Waals surface area contributed by atoms with Crippen molar-refractivity contribution < 1.29 is 9.53 Å². The second kappa shape index (κ2) is 7.67. The van der Waals surface area contributed by atoms with E-state index in [4.69, 9.17) is 4.74 Å². The Balaban J connectivity index is 2.39. The van der Waals surface area contributed by atoms with Crippen LogP contribution in [0, 0.1) is 5.92 Å². The van der Waals surface area contributed by atoms with Gasteiger partial charge in [0, 0.05) is 19.1 Å². The molecule has 0 spiro atoms. The SMILES string of the molecule is CCCC(COC)NC(=O)C1CCNC(C)C1. The maximum absolute atomic E-state index is 12.1. The molecule has 1 amide bonds. The van der Waals surface area contributed by atoms with E-state index in [0.29, 0.717) is 12.6 Å². The highest BCUT2D eigenvalue weighted by Gasteiger charge is 2.25. The summed E-state index contributed by atoms with van der Waals surface area (Å²) in [5.74, 6) is 0.372. The Bertz CT molecular complexity index is 227. The summed E-state index contributed by atoms with van der Waals surface area (Å²) in [5.41, 5.74) is 0. The number of hydrogen-bond acceptors (Lipinski definition) is 3. The fourth-order valence-electron chi connectivity index (χ4n) is 2.44. The van der Waals surface area contributed by atoms with Gasteiger partial charge in [0.15, 0.2) is 0 Å². The zero-order chi connectivity index (χ0) is 12.7. The predicted molar refractivity (Wildman–Crippen MR) is 68.9 cm³/mol. The molecule has 1 aliphatic rings. The van der Waals surface area contributed by atoms with Crippen LogP contribution in [0.3, 0.4) is 0 Å². The Kier molecular flexibility index (Phi) is 6.52. The summed E-state index contributed by atoms with van der Waals surface area (Å²) in [7, 11) is 1.68. The van der Waals surface area contributed by atoms with Gasteiger partial charge in [-0.2, -0.15) is 0 Å². The number of amides is 1. The van der Waals surface area contributed by atoms with Crippen molar-refractivity contribution >= 4 is 5.91 Å². The lowest BCUT2D eigenvalue weighted by molar-refractivity contribution is -0.127. The van der Waals surface area contributed by atoms with Crippen molar-refractivity contribution in [3.8, 4) is 0 Å². The van der Waals surface area contributed by atoms with Gasteiger partial charge in [0.1, 0.15) is 0 Å². The van der Waals surface area contributed by atoms with Gasteiger partial charge in [-0.25, -0.2) is 0 Å². The van der Waals surface area contributed by atoms with Gasteiger partial charge in [0.25, 0.3) is 0 Å². The lowest BCUT2D eigenvalue weighted by atomic mass is 9.92. The van der Waals surface area contributed by atoms with Crippen molar-refractivity contribution in [2.45, 2.75) is 51.6 Å². The highest BCUT2D eigenvalue weighted by atomic mass is 16.5. The fraction of sp³-hybridized carbons (Fsp3) is 0.923. The Morgan fingerprint density at radius 2 is 2.35 bits per heavy atom. The van der Waals surface area contributed by atoms with Crippen molar-refractivity contribution in [1.82, 2.24) is 10.6 Å². The molecule has 1 heterocycles. The van der Waals surface area contributed by atoms with Crippen molar-refractivity contribution in [2.24, 2.45) is 5.92 Å². The number of carbonyl (C=O) groups is 1. The minimum Gasteiger partial charge on any atom is -0.383 e. The lowest BCUT2D eigenvalue weighted by Gasteiger charge is -2.28. The van der Waals surface area contributed by atoms with Crippen LogP contribution in [0.15, 0.2) is 0 Å². The van der Waals surface area contributed by atoms with Crippen LogP contribution >= 0.6 is 0 Å². The van der Waals surface area contributed by atoms with Gasteiger partial charge >= 0.3 is 0 Å². The molecule has 4 nitrogen and oxygen atoms in total. The molecular formula is C13H26N2O2. The highest BCUT2D eigenvalue weighted by molar-refractivity contribution is 5.79. The molecule has 3 unspecified atom stereocenters. The first-order valence-corrected chi connectivity index (χ1v) is 6.70. The number of hydrogen-bond donors (Lipinski definition) is 2. The molecule has 0 aromatic heterocycles. The Morgan fingerprint density at radius 1 is 1.59 bits per heavy atom. The molecule has 0 aliphatic carbocycles. The van der Waals surface area contributed by atoms with Crippen LogP contribution in [0.1, 0.15) is 39.5 Å². The zero-order valence-corrected chi connectivity index (χ0v) is 11.3. The van der Waals surface area contributed by atoms with Gasteiger partial charge in [-0.3, -0.25) is 4.79 Å². The molecule has 2 N–H and O–H groups in total. The lowest BCUT2D eigenvalue weighted by Crippen LogP contribution is -2.46. The number of rotatable bonds is 6. The highest BCUT2D eigenvalue weighted by Crippen LogP contribution is 2.16. The van der Waals surface area contributed by atoms with E-state index in [0.717, 1.165) is 32.2 Å². The average Bonchev–Trinajstić information content (AvgIpc) is 2.29. The number of nitrogens with one attached hydrogen (secondary N) is 2. The third kappa shape index (κ3) is 5.04. The minimum atomic E-state index is 0.169. The number of carbonyl (C=O) groups excluding carboxylic acids is 1. The van der Waals surface area contributed by atoms with Crippen LogP contribution in [0.2, 0.25) is 0 Å². The van der Waals surface area contributed by atoms with Gasteiger partial charge < -0.3 is 15.4 Å². The monoisotopic (exact) mass is 242 g/mol. The van der Waals surface area contributed by atoms with Crippen LogP contribution in [-0.4, -0.2) is 38.3 Å². The number of piperidine rings is 1. The third-order valence-electron chi connectivity index (χ3n) is 3.35. The molecule has 17 heavy (non-hydrogen) atoms. The summed E-state index contributed by atoms with van der Waals surface area (Å²) in [6.07, 6.45) is 3.94. The average molecular weight is 242 g/mol. The molecule has 0 bridgehead atoms. The van der Waals surface area contributed by atoms with Crippen molar-refractivity contribution in [3.63, 3.8) is 0 Å². The van der Waals surface area contributed by atoms with Gasteiger partial charge in [-0.1, -0.05) is 13.3 Å². The van der Waals surface area contributed by atoms with Crippen LogP contribution < -0.4 is 10.6 Å². The topological polar surface area (TPSA) is 50.4 Å². The van der Waals surface area contributed by atoms with Crippen LogP contribution in [0.4, 0.5) is 0 Å². The minimum absolute atomic E-state index is 0.169. The Labute approximate surface area is 104 Å². The molecule has 0 aromatic carbocycles. The smallest absolute Gasteiger partial charge is 0.223 e. The van der Waals surface area contributed by atoms with E-state index >= 15 is 0 Å². The van der Waals surface area contributed by atoms with E-state index in [1.165, 1.54) is 0 Å². The maximum atomic E-state index is 12.1. The molecule has 0 aromatic rings. The molecule has 1 aliphatic heterocycles. The predicted octanol–water partition coefficient (Wildman–Crippen LogP) is 1.31. The van der Waals surface area contributed by atoms with E-state index in [1.54, 1.807) is 7.11 Å². The first kappa shape index (κ1) is 14.5. The first-order valence-electron chi connectivity index (χ1n) is 6.70. The molecular weight excluding hydrogens is 216 g/mol. The second-order valence-corrected chi connectivity index (χ2v) is 5.03. The zero-order valence-electron chi connectivity index (χ0n) is 11.3. The number of methoxy groups -OCH3 is 1. The van der Waals surface area contributed by atoms with Gasteiger partial charge in [0.2, 0.25) is 5.91 Å². The summed E-state index contributed by atoms with van der Waals surface area (Å²) in [6, 6.07) is 0.620. The molecule has 1 rings (SSSR count). The summed E-state index contributed by atoms with van der Waals surface area (Å²) in [4.78, 5) is 12.1. The quantitative estimate of drug-likeness (QED) is 0.738. The van der Waals surface area contributed by atoms with Gasteiger partial charge in [-0.15, -0.1) is 0 Å². The largest absolute Gasteiger partial charge is 0.383 e. The maximum Gasteiger partial charge on any atom is 0.223 e.